The highest BCUT2D eigenvalue weighted by molar-refractivity contribution is 5.79. The predicted octanol–water partition coefficient (Wildman–Crippen LogP) is 10.4. The molecule has 2 unspecified atom stereocenters. The van der Waals surface area contributed by atoms with Crippen molar-refractivity contribution in [1.82, 2.24) is 10.6 Å². The van der Waals surface area contributed by atoms with E-state index < -0.39 is 0 Å². The quantitative estimate of drug-likeness (QED) is 0.195. The van der Waals surface area contributed by atoms with E-state index in [9.17, 15) is 24.6 Å². The molecule has 8 heteroatoms. The van der Waals surface area contributed by atoms with Crippen molar-refractivity contribution in [2.24, 2.45) is 92.7 Å². The number of carbonyl (C=O) groups excluding carboxylic acids is 3. The normalized spacial score (nSPS) is 52.1. The van der Waals surface area contributed by atoms with Gasteiger partial charge in [0.25, 0.3) is 0 Å². The highest BCUT2D eigenvalue weighted by atomic mass is 16.5. The lowest BCUT2D eigenvalue weighted by Gasteiger charge is -2.64. The Kier molecular flexibility index (Phi) is 13.7. The standard InChI is InChI=1S/C54H90N2O6/c1-9-39-49-42-21-25-51(39,5)34(4)32(2)12-11-27-62-48(61)18-15-33(3)40-16-17-41-50-43(22-26-54(40,41)8)53(7)24-20-38(29-36(53)31-45(50)58)56-47(60)14-10-13-46(59)55-37-19-23-52(42,6)35(28-37)30-44(49)57/h32-45,49-50,57-58H,9-31H2,1-8H3,(H,55,59)(H,56,60)/t32-,33-,34-,35?,36?,37-,38-,39+,40-,41+,42+,43+,44+,45+,49+,50+,51-,52+,53+,54-/m1/s1. The van der Waals surface area contributed by atoms with Gasteiger partial charge in [-0.3, -0.25) is 14.4 Å². The van der Waals surface area contributed by atoms with Crippen molar-refractivity contribution in [3.63, 3.8) is 0 Å². The predicted molar refractivity (Wildman–Crippen MR) is 245 cm³/mol. The molecule has 14 aliphatic rings. The number of amides is 2. The van der Waals surface area contributed by atoms with E-state index in [1.54, 1.807) is 0 Å². The van der Waals surface area contributed by atoms with Crippen LogP contribution >= 0.6 is 0 Å². The van der Waals surface area contributed by atoms with Crippen LogP contribution in [0.25, 0.3) is 0 Å². The van der Waals surface area contributed by atoms with E-state index in [2.05, 4.69) is 66.0 Å². The maximum atomic E-state index is 13.3. The third-order valence-corrected chi connectivity index (χ3v) is 22.3. The fourth-order valence-electron chi connectivity index (χ4n) is 18.5. The highest BCUT2D eigenvalue weighted by Gasteiger charge is 2.64. The zero-order valence-electron chi connectivity index (χ0n) is 40.5. The molecule has 2 amide bonds. The third kappa shape index (κ3) is 8.37. The minimum absolute atomic E-state index is 0.0441. The molecule has 0 aromatic carbocycles. The number of aliphatic hydroxyl groups is 2. The van der Waals surface area contributed by atoms with Crippen LogP contribution in [0.5, 0.6) is 0 Å². The SMILES string of the molecule is CC[C@H]1[C@@H]2[C@@H](O)CC3C[C@H]4CC[C@]3(C)[C@H]2CC[C@]1(C)[C@H](C)[C@H](C)CCCOC(=O)CC[C@@H](C)[C@H]1CC[C@H]2[C@@H]3[C@@H](O)CC5C[C@@H](CC[C@]5(C)[C@H]3CC[C@]12C)NC(=O)CCCC(=O)N4. The van der Waals surface area contributed by atoms with E-state index in [4.69, 9.17) is 4.74 Å². The molecular formula is C54H90N2O6. The number of nitrogens with one attached hydrogen (secondary N) is 2. The lowest BCUT2D eigenvalue weighted by Crippen LogP contribution is -2.60. The Morgan fingerprint density at radius 3 is 1.68 bits per heavy atom. The van der Waals surface area contributed by atoms with Gasteiger partial charge in [0.05, 0.1) is 18.8 Å². The molecule has 14 bridgehead atoms. The van der Waals surface area contributed by atoms with Gasteiger partial charge in [-0.25, -0.2) is 0 Å². The van der Waals surface area contributed by atoms with Crippen LogP contribution in [0.3, 0.4) is 0 Å². The van der Waals surface area contributed by atoms with Crippen LogP contribution in [-0.4, -0.2) is 58.9 Å². The summed E-state index contributed by atoms with van der Waals surface area (Å²) in [6.07, 6.45) is 19.9. The second-order valence-corrected chi connectivity index (χ2v) is 24.8. The number of ether oxygens (including phenoxy) is 1. The van der Waals surface area contributed by atoms with E-state index in [0.717, 1.165) is 77.0 Å². The topological polar surface area (TPSA) is 125 Å². The van der Waals surface area contributed by atoms with Crippen molar-refractivity contribution in [2.45, 2.75) is 221 Å². The second-order valence-electron chi connectivity index (χ2n) is 24.8. The minimum Gasteiger partial charge on any atom is -0.466 e. The minimum atomic E-state index is -0.311. The fraction of sp³-hybridized carbons (Fsp3) is 0.944. The van der Waals surface area contributed by atoms with Gasteiger partial charge in [0.1, 0.15) is 0 Å². The number of rotatable bonds is 1. The van der Waals surface area contributed by atoms with Crippen LogP contribution < -0.4 is 10.6 Å². The summed E-state index contributed by atoms with van der Waals surface area (Å²) in [5.74, 6) is 5.57. The van der Waals surface area contributed by atoms with E-state index in [0.29, 0.717) is 103 Å². The van der Waals surface area contributed by atoms with Gasteiger partial charge >= 0.3 is 5.97 Å². The molecule has 14 fully saturated rings. The van der Waals surface area contributed by atoms with Gasteiger partial charge in [-0.05, 0) is 208 Å². The number of hydrogen-bond acceptors (Lipinski definition) is 6. The first-order chi connectivity index (χ1) is 29.4. The average molecular weight is 863 g/mol. The van der Waals surface area contributed by atoms with Crippen LogP contribution in [0.15, 0.2) is 0 Å². The lowest BCUT2D eigenvalue weighted by molar-refractivity contribution is -0.179. The summed E-state index contributed by atoms with van der Waals surface area (Å²) >= 11 is 0. The summed E-state index contributed by atoms with van der Waals surface area (Å²) in [5.41, 5.74) is 0.711. The fourth-order valence-corrected chi connectivity index (χ4v) is 18.5. The molecule has 4 N–H and O–H groups in total. The summed E-state index contributed by atoms with van der Waals surface area (Å²) in [7, 11) is 0. The Bertz CT molecular complexity index is 1620. The summed E-state index contributed by atoms with van der Waals surface area (Å²) in [5, 5.41) is 30.8. The average Bonchev–Trinajstić information content (AvgIpc) is 3.59. The van der Waals surface area contributed by atoms with Gasteiger partial charge < -0.3 is 25.6 Å². The first-order valence-electron chi connectivity index (χ1n) is 26.5. The molecule has 7 heterocycles. The summed E-state index contributed by atoms with van der Waals surface area (Å²) in [4.78, 5) is 39.9. The molecule has 0 radical (unpaired) electrons. The molecule has 7 saturated heterocycles. The largest absolute Gasteiger partial charge is 0.466 e. The Morgan fingerprint density at radius 1 is 0.565 bits per heavy atom. The van der Waals surface area contributed by atoms with E-state index in [1.807, 2.05) is 0 Å². The molecule has 0 spiro atoms. The molecule has 7 aliphatic carbocycles. The first-order valence-corrected chi connectivity index (χ1v) is 26.5. The van der Waals surface area contributed by atoms with Gasteiger partial charge in [-0.2, -0.15) is 0 Å². The number of hydrogen-bond donors (Lipinski definition) is 4. The monoisotopic (exact) mass is 863 g/mol. The molecule has 62 heavy (non-hydrogen) atoms. The summed E-state index contributed by atoms with van der Waals surface area (Å²) < 4.78 is 5.94. The smallest absolute Gasteiger partial charge is 0.305 e. The molecule has 7 saturated carbocycles. The number of esters is 1. The Balaban J connectivity index is 0.958. The van der Waals surface area contributed by atoms with Crippen LogP contribution in [0, 0.1) is 92.7 Å². The molecule has 14 rings (SSSR count). The summed E-state index contributed by atoms with van der Waals surface area (Å²) in [6.45, 7) is 20.2. The Morgan fingerprint density at radius 2 is 1.08 bits per heavy atom. The van der Waals surface area contributed by atoms with Crippen molar-refractivity contribution in [3.05, 3.63) is 0 Å². The van der Waals surface area contributed by atoms with Crippen molar-refractivity contribution in [1.29, 1.82) is 0 Å². The van der Waals surface area contributed by atoms with Crippen molar-refractivity contribution in [2.75, 3.05) is 6.61 Å². The maximum absolute atomic E-state index is 13.3. The lowest BCUT2D eigenvalue weighted by atomic mass is 9.42. The molecule has 7 aliphatic heterocycles. The highest BCUT2D eigenvalue weighted by Crippen LogP contribution is 2.69. The van der Waals surface area contributed by atoms with Crippen molar-refractivity contribution < 1.29 is 29.3 Å². The van der Waals surface area contributed by atoms with Crippen LogP contribution in [0.4, 0.5) is 0 Å². The van der Waals surface area contributed by atoms with Gasteiger partial charge in [-0.15, -0.1) is 0 Å². The molecule has 0 aromatic heterocycles. The Labute approximate surface area is 376 Å². The zero-order chi connectivity index (χ0) is 44.4. The van der Waals surface area contributed by atoms with E-state index in [1.165, 1.54) is 38.5 Å². The van der Waals surface area contributed by atoms with Gasteiger partial charge in [0, 0.05) is 31.3 Å². The summed E-state index contributed by atoms with van der Waals surface area (Å²) in [6, 6.07) is 0.272. The van der Waals surface area contributed by atoms with E-state index in [-0.39, 0.29) is 63.7 Å². The van der Waals surface area contributed by atoms with Crippen LogP contribution in [0.2, 0.25) is 0 Å². The van der Waals surface area contributed by atoms with Gasteiger partial charge in [-0.1, -0.05) is 61.8 Å². The third-order valence-electron chi connectivity index (χ3n) is 22.3. The van der Waals surface area contributed by atoms with Gasteiger partial charge in [0.15, 0.2) is 0 Å². The number of aliphatic hydroxyl groups excluding tert-OH is 2. The van der Waals surface area contributed by atoms with Crippen molar-refractivity contribution >= 4 is 17.8 Å². The molecule has 20 atom stereocenters. The molecule has 8 nitrogen and oxygen atoms in total. The molecular weight excluding hydrogens is 773 g/mol. The second kappa shape index (κ2) is 18.2. The van der Waals surface area contributed by atoms with E-state index >= 15 is 0 Å². The van der Waals surface area contributed by atoms with Crippen LogP contribution in [0.1, 0.15) is 197 Å². The molecule has 352 valence electrons. The zero-order valence-corrected chi connectivity index (χ0v) is 40.5. The van der Waals surface area contributed by atoms with Crippen molar-refractivity contribution in [3.8, 4) is 0 Å². The first kappa shape index (κ1) is 46.8. The van der Waals surface area contributed by atoms with Gasteiger partial charge in [0.2, 0.25) is 11.8 Å². The Hall–Kier alpha value is -1.67. The van der Waals surface area contributed by atoms with Crippen LogP contribution in [-0.2, 0) is 19.1 Å². The maximum Gasteiger partial charge on any atom is 0.305 e. The molecule has 0 aromatic rings. The number of carbonyl (C=O) groups is 3.